The number of benzene rings is 1. The molecule has 0 atom stereocenters. The van der Waals surface area contributed by atoms with Crippen LogP contribution in [0.1, 0.15) is 0 Å². The van der Waals surface area contributed by atoms with Gasteiger partial charge in [0.25, 0.3) is 0 Å². The number of nitrogens with zero attached hydrogens (tertiary/aromatic N) is 1. The lowest BCUT2D eigenvalue weighted by Gasteiger charge is -2.01. The van der Waals surface area contributed by atoms with E-state index in [0.29, 0.717) is 6.54 Å². The summed E-state index contributed by atoms with van der Waals surface area (Å²) in [6.07, 6.45) is 0. The van der Waals surface area contributed by atoms with Crippen molar-refractivity contribution in [2.75, 3.05) is 18.4 Å². The van der Waals surface area contributed by atoms with Gasteiger partial charge in [-0.3, -0.25) is 0 Å². The molecular weight excluding hydrogens is 188 g/mol. The molecule has 0 aliphatic rings. The zero-order valence-electron chi connectivity index (χ0n) is 6.97. The maximum Gasteiger partial charge on any atom is 0.311 e. The molecule has 5 heteroatoms. The lowest BCUT2D eigenvalue weighted by atomic mass is 10.3. The molecule has 1 rings (SSSR count). The van der Waals surface area contributed by atoms with Gasteiger partial charge in [-0.1, -0.05) is 18.2 Å². The molecular formula is C8H10N2O2S. The number of rotatable bonds is 4. The standard InChI is InChI=1S/C8H10N2O2S/c11-13(12)10-7-6-9-8-4-2-1-3-5-8/h1-5,9H,6-7H2. The van der Waals surface area contributed by atoms with Gasteiger partial charge in [0, 0.05) is 12.2 Å². The number of anilines is 1. The highest BCUT2D eigenvalue weighted by Crippen LogP contribution is 2.03. The zero-order chi connectivity index (χ0) is 9.52. The predicted octanol–water partition coefficient (Wildman–Crippen LogP) is 1.16. The molecule has 0 bridgehead atoms. The summed E-state index contributed by atoms with van der Waals surface area (Å²) >= 11 is 0. The molecule has 0 fully saturated rings. The summed E-state index contributed by atoms with van der Waals surface area (Å²) in [7, 11) is -2.29. The van der Waals surface area contributed by atoms with Gasteiger partial charge < -0.3 is 5.32 Å². The zero-order valence-corrected chi connectivity index (χ0v) is 7.79. The second kappa shape index (κ2) is 5.31. The monoisotopic (exact) mass is 198 g/mol. The van der Waals surface area contributed by atoms with E-state index in [1.807, 2.05) is 30.3 Å². The van der Waals surface area contributed by atoms with Gasteiger partial charge in [0.1, 0.15) is 0 Å². The Kier molecular flexibility index (Phi) is 3.98. The van der Waals surface area contributed by atoms with Crippen LogP contribution in [0.2, 0.25) is 0 Å². The average Bonchev–Trinajstić information content (AvgIpc) is 2.14. The van der Waals surface area contributed by atoms with Gasteiger partial charge in [0.15, 0.2) is 0 Å². The van der Waals surface area contributed by atoms with Crippen molar-refractivity contribution in [3.05, 3.63) is 30.3 Å². The molecule has 1 aromatic carbocycles. The largest absolute Gasteiger partial charge is 0.383 e. The predicted molar refractivity (Wildman–Crippen MR) is 51.1 cm³/mol. The highest BCUT2D eigenvalue weighted by atomic mass is 32.2. The van der Waals surface area contributed by atoms with Crippen molar-refractivity contribution in [1.29, 1.82) is 0 Å². The molecule has 0 spiro atoms. The van der Waals surface area contributed by atoms with Crippen LogP contribution in [0.5, 0.6) is 0 Å². The molecule has 0 aliphatic carbocycles. The molecule has 0 aliphatic heterocycles. The molecule has 0 heterocycles. The Hall–Kier alpha value is -1.36. The first-order chi connectivity index (χ1) is 6.29. The molecule has 70 valence electrons. The molecule has 13 heavy (non-hydrogen) atoms. The van der Waals surface area contributed by atoms with Gasteiger partial charge >= 0.3 is 10.5 Å². The number of hydrogen-bond acceptors (Lipinski definition) is 4. The quantitative estimate of drug-likeness (QED) is 0.738. The van der Waals surface area contributed by atoms with Crippen molar-refractivity contribution in [3.63, 3.8) is 0 Å². The molecule has 4 nitrogen and oxygen atoms in total. The summed E-state index contributed by atoms with van der Waals surface area (Å²) in [5.74, 6) is 0. The second-order valence-electron chi connectivity index (χ2n) is 2.36. The minimum absolute atomic E-state index is 0.269. The molecule has 0 saturated carbocycles. The molecule has 0 aromatic heterocycles. The van der Waals surface area contributed by atoms with Gasteiger partial charge in [-0.2, -0.15) is 12.8 Å². The van der Waals surface area contributed by atoms with Gasteiger partial charge in [-0.25, -0.2) is 0 Å². The van der Waals surface area contributed by atoms with Gasteiger partial charge in [-0.15, -0.1) is 0 Å². The summed E-state index contributed by atoms with van der Waals surface area (Å²) in [5.41, 5.74) is 0.967. The van der Waals surface area contributed by atoms with Crippen molar-refractivity contribution >= 4 is 16.2 Å². The van der Waals surface area contributed by atoms with Crippen LogP contribution >= 0.6 is 0 Å². The van der Waals surface area contributed by atoms with Crippen LogP contribution in [0.15, 0.2) is 34.7 Å². The van der Waals surface area contributed by atoms with Crippen molar-refractivity contribution in [2.45, 2.75) is 0 Å². The van der Waals surface area contributed by atoms with E-state index in [1.54, 1.807) is 0 Å². The summed E-state index contributed by atoms with van der Waals surface area (Å²) in [5, 5.41) is 3.03. The fourth-order valence-electron chi connectivity index (χ4n) is 0.876. The Labute approximate surface area is 78.3 Å². The second-order valence-corrected chi connectivity index (χ2v) is 3.06. The minimum Gasteiger partial charge on any atom is -0.383 e. The van der Waals surface area contributed by atoms with E-state index in [0.717, 1.165) is 5.69 Å². The van der Waals surface area contributed by atoms with E-state index >= 15 is 0 Å². The highest BCUT2D eigenvalue weighted by Gasteiger charge is 1.87. The molecule has 0 amide bonds. The van der Waals surface area contributed by atoms with E-state index in [4.69, 9.17) is 0 Å². The summed E-state index contributed by atoms with van der Waals surface area (Å²) in [6.45, 7) is 0.795. The van der Waals surface area contributed by atoms with Crippen LogP contribution in [0, 0.1) is 0 Å². The van der Waals surface area contributed by atoms with E-state index in [9.17, 15) is 8.42 Å². The lowest BCUT2D eigenvalue weighted by Crippen LogP contribution is -2.03. The fraction of sp³-hybridized carbons (Fsp3) is 0.250. The van der Waals surface area contributed by atoms with Crippen molar-refractivity contribution in [1.82, 2.24) is 0 Å². The smallest absolute Gasteiger partial charge is 0.311 e. The Morgan fingerprint density at radius 3 is 2.54 bits per heavy atom. The summed E-state index contributed by atoms with van der Waals surface area (Å²) in [4.78, 5) is 0. The first-order valence-corrected chi connectivity index (χ1v) is 4.88. The molecule has 1 N–H and O–H groups in total. The van der Waals surface area contributed by atoms with E-state index in [1.165, 1.54) is 0 Å². The lowest BCUT2D eigenvalue weighted by molar-refractivity contribution is 0.620. The Bertz CT molecular complexity index is 364. The van der Waals surface area contributed by atoms with Gasteiger partial charge in [0.2, 0.25) is 0 Å². The van der Waals surface area contributed by atoms with Crippen LogP contribution in [0.3, 0.4) is 0 Å². The Balaban J connectivity index is 2.32. The maximum absolute atomic E-state index is 10.0. The SMILES string of the molecule is O=S(=O)=NCCNc1ccccc1. The normalized spacial score (nSPS) is 9.23. The van der Waals surface area contributed by atoms with E-state index in [2.05, 4.69) is 9.68 Å². The fourth-order valence-corrected chi connectivity index (χ4v) is 1.12. The van der Waals surface area contributed by atoms with Crippen LogP contribution in [-0.2, 0) is 10.5 Å². The van der Waals surface area contributed by atoms with Gasteiger partial charge in [0.05, 0.1) is 6.54 Å². The maximum atomic E-state index is 10.0. The first kappa shape index (κ1) is 9.73. The number of hydrogen-bond donors (Lipinski definition) is 1. The molecule has 1 aromatic rings. The van der Waals surface area contributed by atoms with Crippen molar-refractivity contribution < 1.29 is 8.42 Å². The van der Waals surface area contributed by atoms with Crippen LogP contribution in [-0.4, -0.2) is 21.5 Å². The summed E-state index contributed by atoms with van der Waals surface area (Å²) < 4.78 is 23.3. The third-order valence-corrected chi connectivity index (χ3v) is 1.80. The third kappa shape index (κ3) is 4.27. The molecule has 0 saturated heterocycles. The van der Waals surface area contributed by atoms with Gasteiger partial charge in [-0.05, 0) is 12.1 Å². The average molecular weight is 198 g/mol. The minimum atomic E-state index is -2.29. The van der Waals surface area contributed by atoms with E-state index < -0.39 is 10.5 Å². The Morgan fingerprint density at radius 1 is 1.23 bits per heavy atom. The van der Waals surface area contributed by atoms with Crippen LogP contribution in [0.25, 0.3) is 0 Å². The summed E-state index contributed by atoms with van der Waals surface area (Å²) in [6, 6.07) is 9.56. The molecule has 0 unspecified atom stereocenters. The van der Waals surface area contributed by atoms with Crippen LogP contribution < -0.4 is 5.32 Å². The van der Waals surface area contributed by atoms with Crippen molar-refractivity contribution in [2.24, 2.45) is 4.36 Å². The topological polar surface area (TPSA) is 58.5 Å². The molecule has 0 radical (unpaired) electrons. The van der Waals surface area contributed by atoms with Crippen molar-refractivity contribution in [3.8, 4) is 0 Å². The highest BCUT2D eigenvalue weighted by molar-refractivity contribution is 7.61. The third-order valence-electron chi connectivity index (χ3n) is 1.41. The van der Waals surface area contributed by atoms with E-state index in [-0.39, 0.29) is 6.54 Å². The number of para-hydroxylation sites is 1. The first-order valence-electron chi connectivity index (χ1n) is 3.85. The van der Waals surface area contributed by atoms with Crippen LogP contribution in [0.4, 0.5) is 5.69 Å². The number of nitrogens with one attached hydrogen (secondary N) is 1. The Morgan fingerprint density at radius 2 is 1.92 bits per heavy atom.